The Kier molecular flexibility index (Phi) is 7.28. The van der Waals surface area contributed by atoms with Gasteiger partial charge in [0.25, 0.3) is 0 Å². The molecule has 1 unspecified atom stereocenters. The highest BCUT2D eigenvalue weighted by Crippen LogP contribution is 2.15. The van der Waals surface area contributed by atoms with Gasteiger partial charge in [-0.3, -0.25) is 4.90 Å². The molecule has 2 N–H and O–H groups in total. The molecule has 18 heavy (non-hydrogen) atoms. The average Bonchev–Trinajstić information content (AvgIpc) is 2.83. The fourth-order valence-corrected chi connectivity index (χ4v) is 2.35. The van der Waals surface area contributed by atoms with Gasteiger partial charge in [-0.2, -0.15) is 0 Å². The lowest BCUT2D eigenvalue weighted by atomic mass is 10.1. The molecule has 1 fully saturated rings. The summed E-state index contributed by atoms with van der Waals surface area (Å²) in [6.45, 7) is 5.62. The van der Waals surface area contributed by atoms with Crippen molar-refractivity contribution in [1.29, 1.82) is 0 Å². The first-order valence-corrected chi connectivity index (χ1v) is 6.42. The van der Waals surface area contributed by atoms with E-state index in [2.05, 4.69) is 35.2 Å². The molecule has 3 nitrogen and oxygen atoms in total. The number of hydrogen-bond donors (Lipinski definition) is 1. The van der Waals surface area contributed by atoms with Crippen molar-refractivity contribution < 1.29 is 4.74 Å². The second kappa shape index (κ2) is 8.48. The van der Waals surface area contributed by atoms with Crippen LogP contribution in [0, 0.1) is 5.92 Å². The Morgan fingerprint density at radius 2 is 2.06 bits per heavy atom. The maximum absolute atomic E-state index is 5.68. The summed E-state index contributed by atoms with van der Waals surface area (Å²) in [7, 11) is 0. The number of hydrogen-bond acceptors (Lipinski definition) is 3. The van der Waals surface area contributed by atoms with E-state index in [0.29, 0.717) is 5.92 Å². The van der Waals surface area contributed by atoms with E-state index in [0.717, 1.165) is 39.4 Å². The molecular formula is C14H23ClN2O. The summed E-state index contributed by atoms with van der Waals surface area (Å²) in [5.74, 6) is 0.685. The van der Waals surface area contributed by atoms with Gasteiger partial charge in [-0.25, -0.2) is 0 Å². The van der Waals surface area contributed by atoms with Gasteiger partial charge < -0.3 is 10.5 Å². The van der Waals surface area contributed by atoms with Crippen LogP contribution in [0.25, 0.3) is 0 Å². The van der Waals surface area contributed by atoms with Crippen LogP contribution in [0.4, 0.5) is 0 Å². The fraction of sp³-hybridized carbons (Fsp3) is 0.571. The smallest absolute Gasteiger partial charge is 0.0507 e. The van der Waals surface area contributed by atoms with Gasteiger partial charge in [0.1, 0.15) is 0 Å². The zero-order valence-electron chi connectivity index (χ0n) is 10.8. The highest BCUT2D eigenvalue weighted by atomic mass is 35.5. The van der Waals surface area contributed by atoms with Crippen LogP contribution in [0.5, 0.6) is 0 Å². The van der Waals surface area contributed by atoms with E-state index in [-0.39, 0.29) is 12.4 Å². The Labute approximate surface area is 116 Å². The average molecular weight is 271 g/mol. The molecule has 0 saturated carbocycles. The Hall–Kier alpha value is -0.610. The maximum Gasteiger partial charge on any atom is 0.0507 e. The van der Waals surface area contributed by atoms with Crippen LogP contribution in [-0.2, 0) is 11.3 Å². The fourth-order valence-electron chi connectivity index (χ4n) is 2.35. The lowest BCUT2D eigenvalue weighted by Crippen LogP contribution is -2.33. The predicted molar refractivity (Wildman–Crippen MR) is 76.9 cm³/mol. The molecular weight excluding hydrogens is 248 g/mol. The summed E-state index contributed by atoms with van der Waals surface area (Å²) in [5, 5.41) is 0. The third-order valence-electron chi connectivity index (χ3n) is 3.23. The summed E-state index contributed by atoms with van der Waals surface area (Å²) in [4.78, 5) is 2.44. The maximum atomic E-state index is 5.68. The molecule has 102 valence electrons. The summed E-state index contributed by atoms with van der Waals surface area (Å²) in [6, 6.07) is 10.6. The minimum Gasteiger partial charge on any atom is -0.381 e. The van der Waals surface area contributed by atoms with Crippen LogP contribution >= 0.6 is 12.4 Å². The number of nitrogens with zero attached hydrogens (tertiary/aromatic N) is 1. The first kappa shape index (κ1) is 15.4. The van der Waals surface area contributed by atoms with Crippen LogP contribution in [0.1, 0.15) is 12.0 Å². The summed E-state index contributed by atoms with van der Waals surface area (Å²) in [6.07, 6.45) is 1.19. The molecule has 0 radical (unpaired) electrons. The second-order valence-electron chi connectivity index (χ2n) is 4.74. The Balaban J connectivity index is 0.00000162. The quantitative estimate of drug-likeness (QED) is 0.858. The summed E-state index contributed by atoms with van der Waals surface area (Å²) in [5.41, 5.74) is 7.05. The van der Waals surface area contributed by atoms with Gasteiger partial charge >= 0.3 is 0 Å². The van der Waals surface area contributed by atoms with Crippen molar-refractivity contribution in [3.8, 4) is 0 Å². The normalized spacial score (nSPS) is 18.9. The Bertz CT molecular complexity index is 315. The molecule has 1 aliphatic heterocycles. The predicted octanol–water partition coefficient (Wildman–Crippen LogP) is 1.91. The molecule has 1 aromatic carbocycles. The van der Waals surface area contributed by atoms with E-state index in [1.165, 1.54) is 12.0 Å². The third kappa shape index (κ3) is 4.94. The SMILES string of the molecule is Cl.NCCN(Cc1ccccc1)CC1CCOC1. The summed E-state index contributed by atoms with van der Waals surface area (Å²) < 4.78 is 5.43. The van der Waals surface area contributed by atoms with Crippen LogP contribution in [0.3, 0.4) is 0 Å². The standard InChI is InChI=1S/C14H22N2O.ClH/c15-7-8-16(11-14-6-9-17-12-14)10-13-4-2-1-3-5-13;/h1-5,14H,6-12,15H2;1H. The Morgan fingerprint density at radius 3 is 2.67 bits per heavy atom. The van der Waals surface area contributed by atoms with Gasteiger partial charge in [0.15, 0.2) is 0 Å². The molecule has 1 aliphatic rings. The van der Waals surface area contributed by atoms with Crippen LogP contribution in [0.15, 0.2) is 30.3 Å². The van der Waals surface area contributed by atoms with Gasteiger partial charge in [0, 0.05) is 32.8 Å². The highest BCUT2D eigenvalue weighted by Gasteiger charge is 2.18. The second-order valence-corrected chi connectivity index (χ2v) is 4.74. The minimum absolute atomic E-state index is 0. The van der Waals surface area contributed by atoms with Gasteiger partial charge in [0.2, 0.25) is 0 Å². The van der Waals surface area contributed by atoms with E-state index < -0.39 is 0 Å². The van der Waals surface area contributed by atoms with Gasteiger partial charge in [-0.1, -0.05) is 30.3 Å². The number of halogens is 1. The Morgan fingerprint density at radius 1 is 1.28 bits per heavy atom. The van der Waals surface area contributed by atoms with E-state index in [1.54, 1.807) is 0 Å². The summed E-state index contributed by atoms with van der Waals surface area (Å²) >= 11 is 0. The van der Waals surface area contributed by atoms with Crippen molar-refractivity contribution in [3.05, 3.63) is 35.9 Å². The molecule has 4 heteroatoms. The molecule has 0 spiro atoms. The van der Waals surface area contributed by atoms with Crippen molar-refractivity contribution in [2.45, 2.75) is 13.0 Å². The highest BCUT2D eigenvalue weighted by molar-refractivity contribution is 5.85. The van der Waals surface area contributed by atoms with E-state index in [1.807, 2.05) is 0 Å². The number of rotatable bonds is 6. The first-order chi connectivity index (χ1) is 8.38. The molecule has 1 aromatic rings. The van der Waals surface area contributed by atoms with E-state index in [4.69, 9.17) is 10.5 Å². The topological polar surface area (TPSA) is 38.5 Å². The molecule has 1 heterocycles. The number of nitrogens with two attached hydrogens (primary N) is 1. The molecule has 0 aromatic heterocycles. The third-order valence-corrected chi connectivity index (χ3v) is 3.23. The zero-order chi connectivity index (χ0) is 11.9. The van der Waals surface area contributed by atoms with Crippen molar-refractivity contribution in [3.63, 3.8) is 0 Å². The molecule has 0 amide bonds. The molecule has 2 rings (SSSR count). The van der Waals surface area contributed by atoms with Gasteiger partial charge in [-0.15, -0.1) is 12.4 Å². The lowest BCUT2D eigenvalue weighted by Gasteiger charge is -2.24. The van der Waals surface area contributed by atoms with Crippen LogP contribution in [-0.4, -0.2) is 37.7 Å². The van der Waals surface area contributed by atoms with Crippen LogP contribution in [0.2, 0.25) is 0 Å². The van der Waals surface area contributed by atoms with E-state index >= 15 is 0 Å². The first-order valence-electron chi connectivity index (χ1n) is 6.42. The minimum atomic E-state index is 0. The molecule has 0 aliphatic carbocycles. The van der Waals surface area contributed by atoms with Crippen LogP contribution < -0.4 is 5.73 Å². The van der Waals surface area contributed by atoms with Crippen molar-refractivity contribution in [2.24, 2.45) is 11.7 Å². The molecule has 0 bridgehead atoms. The van der Waals surface area contributed by atoms with Crippen molar-refractivity contribution >= 4 is 12.4 Å². The van der Waals surface area contributed by atoms with E-state index in [9.17, 15) is 0 Å². The molecule has 1 saturated heterocycles. The van der Waals surface area contributed by atoms with Crippen molar-refractivity contribution in [1.82, 2.24) is 4.90 Å². The van der Waals surface area contributed by atoms with Crippen molar-refractivity contribution in [2.75, 3.05) is 32.8 Å². The number of benzene rings is 1. The zero-order valence-corrected chi connectivity index (χ0v) is 11.6. The van der Waals surface area contributed by atoms with Gasteiger partial charge in [0.05, 0.1) is 6.61 Å². The number of ether oxygens (including phenoxy) is 1. The van der Waals surface area contributed by atoms with Gasteiger partial charge in [-0.05, 0) is 17.9 Å². The molecule has 1 atom stereocenters. The lowest BCUT2D eigenvalue weighted by molar-refractivity contribution is 0.165. The monoisotopic (exact) mass is 270 g/mol. The largest absolute Gasteiger partial charge is 0.381 e.